The van der Waals surface area contributed by atoms with E-state index in [9.17, 15) is 10.5 Å². The van der Waals surface area contributed by atoms with Gasteiger partial charge in [0.05, 0.1) is 31.0 Å². The number of nitrogens with zero attached hydrogens (tertiary/aromatic N) is 2. The highest BCUT2D eigenvalue weighted by Gasteiger charge is 2.09. The van der Waals surface area contributed by atoms with Crippen LogP contribution in [0.3, 0.4) is 0 Å². The minimum atomic E-state index is 0.271. The molecule has 0 amide bonds. The van der Waals surface area contributed by atoms with E-state index in [1.54, 1.807) is 24.3 Å². The fourth-order valence-corrected chi connectivity index (χ4v) is 2.66. The van der Waals surface area contributed by atoms with E-state index in [4.69, 9.17) is 14.2 Å². The molecule has 5 nitrogen and oxygen atoms in total. The van der Waals surface area contributed by atoms with Gasteiger partial charge in [0.1, 0.15) is 17.9 Å². The first kappa shape index (κ1) is 21.6. The molecule has 0 radical (unpaired) electrons. The lowest BCUT2D eigenvalue weighted by Crippen LogP contribution is -1.98. The molecule has 0 bridgehead atoms. The van der Waals surface area contributed by atoms with E-state index < -0.39 is 0 Å². The van der Waals surface area contributed by atoms with E-state index in [0.717, 1.165) is 16.9 Å². The van der Waals surface area contributed by atoms with E-state index in [1.807, 2.05) is 51.1 Å². The largest absolute Gasteiger partial charge is 0.494 e. The van der Waals surface area contributed by atoms with E-state index in [0.29, 0.717) is 31.3 Å². The predicted octanol–water partition coefficient (Wildman–Crippen LogP) is 5.40. The number of hydrogen-bond donors (Lipinski definition) is 0. The first-order valence-corrected chi connectivity index (χ1v) is 9.51. The van der Waals surface area contributed by atoms with Gasteiger partial charge in [-0.2, -0.15) is 10.5 Å². The van der Waals surface area contributed by atoms with E-state index >= 15 is 0 Å². The highest BCUT2D eigenvalue weighted by molar-refractivity contribution is 5.74. The molecule has 2 rings (SSSR count). The second-order valence-corrected chi connectivity index (χ2v) is 5.91. The van der Waals surface area contributed by atoms with Crippen molar-refractivity contribution < 1.29 is 14.2 Å². The van der Waals surface area contributed by atoms with E-state index in [1.165, 1.54) is 0 Å². The zero-order chi connectivity index (χ0) is 21.1. The standard InChI is InChI=1S/C24H24N2O3/c1-4-27-22-10-7-18(8-11-22)13-20(16-25)21(17-26)14-19-9-12-23(28-5-2)24(15-19)29-6-3/h7-15H,4-6H2,1-3H3/b20-13+,21-14+. The van der Waals surface area contributed by atoms with E-state index in [-0.39, 0.29) is 11.1 Å². The van der Waals surface area contributed by atoms with Crippen molar-refractivity contribution in [2.24, 2.45) is 0 Å². The van der Waals surface area contributed by atoms with Gasteiger partial charge in [-0.05, 0) is 68.3 Å². The molecule has 5 heteroatoms. The Kier molecular flexibility index (Phi) is 8.35. The number of ether oxygens (including phenoxy) is 3. The first-order chi connectivity index (χ1) is 14.1. The first-order valence-electron chi connectivity index (χ1n) is 9.51. The highest BCUT2D eigenvalue weighted by atomic mass is 16.5. The van der Waals surface area contributed by atoms with Crippen molar-refractivity contribution in [1.82, 2.24) is 0 Å². The average molecular weight is 388 g/mol. The molecule has 0 heterocycles. The molecule has 0 aliphatic rings. The van der Waals surface area contributed by atoms with Crippen LogP contribution in [0, 0.1) is 22.7 Å². The minimum Gasteiger partial charge on any atom is -0.494 e. The van der Waals surface area contributed by atoms with Crippen molar-refractivity contribution in [2.75, 3.05) is 19.8 Å². The van der Waals surface area contributed by atoms with Crippen LogP contribution in [0.2, 0.25) is 0 Å². The number of allylic oxidation sites excluding steroid dienone is 2. The molecule has 2 aromatic rings. The molecule has 0 N–H and O–H groups in total. The van der Waals surface area contributed by atoms with Crippen molar-refractivity contribution in [1.29, 1.82) is 10.5 Å². The molecule has 2 aromatic carbocycles. The summed E-state index contributed by atoms with van der Waals surface area (Å²) in [5.74, 6) is 2.02. The summed E-state index contributed by atoms with van der Waals surface area (Å²) in [6, 6.07) is 17.0. The van der Waals surface area contributed by atoms with Crippen LogP contribution in [-0.4, -0.2) is 19.8 Å². The van der Waals surface area contributed by atoms with Crippen molar-refractivity contribution in [3.05, 3.63) is 64.7 Å². The van der Waals surface area contributed by atoms with Crippen LogP contribution in [0.4, 0.5) is 0 Å². The lowest BCUT2D eigenvalue weighted by molar-refractivity contribution is 0.287. The van der Waals surface area contributed by atoms with Gasteiger partial charge in [0, 0.05) is 0 Å². The van der Waals surface area contributed by atoms with Gasteiger partial charge in [0.15, 0.2) is 11.5 Å². The van der Waals surface area contributed by atoms with Crippen molar-refractivity contribution in [3.8, 4) is 29.4 Å². The molecule has 0 aromatic heterocycles. The van der Waals surface area contributed by atoms with Crippen LogP contribution in [-0.2, 0) is 0 Å². The molecule has 0 fully saturated rings. The van der Waals surface area contributed by atoms with Crippen LogP contribution in [0.15, 0.2) is 53.6 Å². The lowest BCUT2D eigenvalue weighted by Gasteiger charge is -2.11. The summed E-state index contributed by atoms with van der Waals surface area (Å²) < 4.78 is 16.6. The topological polar surface area (TPSA) is 75.3 Å². The second kappa shape index (κ2) is 11.2. The third-order valence-corrected chi connectivity index (χ3v) is 3.91. The minimum absolute atomic E-state index is 0.271. The Bertz CT molecular complexity index is 961. The predicted molar refractivity (Wildman–Crippen MR) is 114 cm³/mol. The third kappa shape index (κ3) is 6.16. The van der Waals surface area contributed by atoms with Crippen molar-refractivity contribution >= 4 is 12.2 Å². The van der Waals surface area contributed by atoms with Crippen LogP contribution in [0.5, 0.6) is 17.2 Å². The fourth-order valence-electron chi connectivity index (χ4n) is 2.66. The van der Waals surface area contributed by atoms with Crippen LogP contribution < -0.4 is 14.2 Å². The Balaban J connectivity index is 2.37. The second-order valence-electron chi connectivity index (χ2n) is 5.91. The molecule has 29 heavy (non-hydrogen) atoms. The molecule has 0 saturated carbocycles. The Morgan fingerprint density at radius 2 is 1.24 bits per heavy atom. The molecule has 0 aliphatic carbocycles. The smallest absolute Gasteiger partial charge is 0.161 e. The average Bonchev–Trinajstić information content (AvgIpc) is 2.74. The lowest BCUT2D eigenvalue weighted by atomic mass is 10.0. The summed E-state index contributed by atoms with van der Waals surface area (Å²) >= 11 is 0. The Hall–Kier alpha value is -3.70. The summed E-state index contributed by atoms with van der Waals surface area (Å²) in [7, 11) is 0. The molecule has 0 spiro atoms. The van der Waals surface area contributed by atoms with Gasteiger partial charge in [-0.1, -0.05) is 18.2 Å². The number of nitriles is 2. The quantitative estimate of drug-likeness (QED) is 0.425. The fraction of sp³-hybridized carbons (Fsp3) is 0.250. The molecule has 0 unspecified atom stereocenters. The maximum atomic E-state index is 9.61. The van der Waals surface area contributed by atoms with Gasteiger partial charge >= 0.3 is 0 Å². The van der Waals surface area contributed by atoms with Gasteiger partial charge in [0.25, 0.3) is 0 Å². The molecule has 0 aliphatic heterocycles. The Morgan fingerprint density at radius 3 is 1.79 bits per heavy atom. The number of hydrogen-bond acceptors (Lipinski definition) is 5. The number of rotatable bonds is 9. The maximum absolute atomic E-state index is 9.61. The van der Waals surface area contributed by atoms with Gasteiger partial charge in [0.2, 0.25) is 0 Å². The molecule has 148 valence electrons. The Labute approximate surface area is 172 Å². The number of benzene rings is 2. The third-order valence-electron chi connectivity index (χ3n) is 3.91. The van der Waals surface area contributed by atoms with Gasteiger partial charge in [-0.15, -0.1) is 0 Å². The summed E-state index contributed by atoms with van der Waals surface area (Å²) in [5, 5.41) is 19.2. The van der Waals surface area contributed by atoms with Gasteiger partial charge in [-0.3, -0.25) is 0 Å². The Morgan fingerprint density at radius 1 is 0.724 bits per heavy atom. The van der Waals surface area contributed by atoms with E-state index in [2.05, 4.69) is 12.1 Å². The van der Waals surface area contributed by atoms with Crippen molar-refractivity contribution in [2.45, 2.75) is 20.8 Å². The van der Waals surface area contributed by atoms with Crippen LogP contribution in [0.1, 0.15) is 31.9 Å². The summed E-state index contributed by atoms with van der Waals surface area (Å²) in [5.41, 5.74) is 2.12. The molecular weight excluding hydrogens is 364 g/mol. The molecule has 0 atom stereocenters. The summed E-state index contributed by atoms with van der Waals surface area (Å²) in [4.78, 5) is 0. The summed E-state index contributed by atoms with van der Waals surface area (Å²) in [6.07, 6.45) is 3.35. The van der Waals surface area contributed by atoms with Gasteiger partial charge in [-0.25, -0.2) is 0 Å². The monoisotopic (exact) mass is 388 g/mol. The molecular formula is C24H24N2O3. The van der Waals surface area contributed by atoms with Crippen molar-refractivity contribution in [3.63, 3.8) is 0 Å². The van der Waals surface area contributed by atoms with Crippen LogP contribution >= 0.6 is 0 Å². The van der Waals surface area contributed by atoms with Crippen LogP contribution in [0.25, 0.3) is 12.2 Å². The highest BCUT2D eigenvalue weighted by Crippen LogP contribution is 2.30. The zero-order valence-electron chi connectivity index (χ0n) is 16.9. The summed E-state index contributed by atoms with van der Waals surface area (Å²) in [6.45, 7) is 7.34. The zero-order valence-corrected chi connectivity index (χ0v) is 16.9. The SMILES string of the molecule is CCOc1ccc(/C=C(C#N)/C(C#N)=C/c2ccc(OCC)c(OCC)c2)cc1. The normalized spacial score (nSPS) is 11.3. The molecule has 0 saturated heterocycles. The van der Waals surface area contributed by atoms with Gasteiger partial charge < -0.3 is 14.2 Å². The maximum Gasteiger partial charge on any atom is 0.161 e.